The molecule has 0 aliphatic heterocycles. The van der Waals surface area contributed by atoms with Crippen LogP contribution >= 0.6 is 0 Å². The molecule has 1 fully saturated rings. The number of carbonyl (C=O) groups excluding carboxylic acids is 3. The maximum atomic E-state index is 12.0. The van der Waals surface area contributed by atoms with Crippen molar-refractivity contribution in [3.05, 3.63) is 29.8 Å². The van der Waals surface area contributed by atoms with Gasteiger partial charge < -0.3 is 15.5 Å². The minimum atomic E-state index is -0.446. The number of nitrogens with one attached hydrogen (secondary N) is 4. The summed E-state index contributed by atoms with van der Waals surface area (Å²) in [5, 5.41) is 7.98. The lowest BCUT2D eigenvalue weighted by Gasteiger charge is -2.22. The topological polar surface area (TPSA) is 91.7 Å². The Morgan fingerprint density at radius 2 is 1.62 bits per heavy atom. The first-order chi connectivity index (χ1) is 12.4. The van der Waals surface area contributed by atoms with Crippen molar-refractivity contribution >= 4 is 23.5 Å². The number of imide groups is 1. The van der Waals surface area contributed by atoms with Crippen LogP contribution in [0.4, 0.5) is 10.5 Å². The van der Waals surface area contributed by atoms with Crippen molar-refractivity contribution in [2.24, 2.45) is 0 Å². The molecular formula is C19H29N4O3+. The minimum Gasteiger partial charge on any atom is -0.335 e. The zero-order chi connectivity index (χ0) is 18.9. The summed E-state index contributed by atoms with van der Waals surface area (Å²) < 4.78 is 0. The van der Waals surface area contributed by atoms with Crippen LogP contribution in [0, 0.1) is 6.92 Å². The molecule has 1 aromatic rings. The Kier molecular flexibility index (Phi) is 7.59. The zero-order valence-electron chi connectivity index (χ0n) is 15.6. The molecule has 7 nitrogen and oxygen atoms in total. The maximum Gasteiger partial charge on any atom is 0.321 e. The number of rotatable bonds is 6. The van der Waals surface area contributed by atoms with E-state index < -0.39 is 6.03 Å². The molecule has 0 bridgehead atoms. The third kappa shape index (κ3) is 7.23. The van der Waals surface area contributed by atoms with E-state index >= 15 is 0 Å². The summed E-state index contributed by atoms with van der Waals surface area (Å²) in [4.78, 5) is 36.6. The molecule has 1 aromatic carbocycles. The van der Waals surface area contributed by atoms with Crippen LogP contribution in [0.15, 0.2) is 24.3 Å². The summed E-state index contributed by atoms with van der Waals surface area (Å²) in [5.41, 5.74) is 1.85. The zero-order valence-corrected chi connectivity index (χ0v) is 15.6. The standard InChI is InChI=1S/C19H28N4O3/c1-14-8-10-16(11-9-14)20-17(24)12-23(2)13-18(25)22-19(26)21-15-6-4-3-5-7-15/h8-11,15H,3-7,12-13H2,1-2H3,(H,20,24)(H2,21,22,25,26)/p+1. The highest BCUT2D eigenvalue weighted by Crippen LogP contribution is 2.17. The lowest BCUT2D eigenvalue weighted by molar-refractivity contribution is -0.862. The number of carbonyl (C=O) groups is 3. The van der Waals surface area contributed by atoms with E-state index in [0.717, 1.165) is 36.9 Å². The van der Waals surface area contributed by atoms with Gasteiger partial charge in [0, 0.05) is 11.7 Å². The second-order valence-electron chi connectivity index (χ2n) is 7.08. The minimum absolute atomic E-state index is 0.0550. The van der Waals surface area contributed by atoms with Gasteiger partial charge in [0.2, 0.25) is 0 Å². The maximum absolute atomic E-state index is 12.0. The second kappa shape index (κ2) is 9.91. The van der Waals surface area contributed by atoms with E-state index in [4.69, 9.17) is 0 Å². The molecule has 142 valence electrons. The smallest absolute Gasteiger partial charge is 0.321 e. The van der Waals surface area contributed by atoms with Crippen molar-refractivity contribution in [1.82, 2.24) is 10.6 Å². The largest absolute Gasteiger partial charge is 0.335 e. The van der Waals surface area contributed by atoms with E-state index in [1.54, 1.807) is 7.05 Å². The molecule has 1 aliphatic rings. The summed E-state index contributed by atoms with van der Waals surface area (Å²) in [6, 6.07) is 7.23. The molecule has 0 spiro atoms. The van der Waals surface area contributed by atoms with Crippen molar-refractivity contribution in [2.45, 2.75) is 45.1 Å². The monoisotopic (exact) mass is 361 g/mol. The van der Waals surface area contributed by atoms with Gasteiger partial charge in [0.25, 0.3) is 11.8 Å². The molecule has 2 rings (SSSR count). The molecule has 0 saturated heterocycles. The first-order valence-corrected chi connectivity index (χ1v) is 9.20. The van der Waals surface area contributed by atoms with Crippen LogP contribution in [0.5, 0.6) is 0 Å². The molecule has 1 unspecified atom stereocenters. The van der Waals surface area contributed by atoms with Crippen molar-refractivity contribution < 1.29 is 19.3 Å². The van der Waals surface area contributed by atoms with Gasteiger partial charge in [-0.1, -0.05) is 37.0 Å². The average Bonchev–Trinajstić information content (AvgIpc) is 2.57. The fourth-order valence-corrected chi connectivity index (χ4v) is 3.09. The number of anilines is 1. The Labute approximate surface area is 154 Å². The van der Waals surface area contributed by atoms with Crippen LogP contribution in [0.2, 0.25) is 0 Å². The van der Waals surface area contributed by atoms with Gasteiger partial charge in [-0.2, -0.15) is 0 Å². The number of likely N-dealkylation sites (N-methyl/N-ethyl adjacent to an activating group) is 1. The van der Waals surface area contributed by atoms with Gasteiger partial charge >= 0.3 is 6.03 Å². The number of benzene rings is 1. The van der Waals surface area contributed by atoms with Gasteiger partial charge in [0.05, 0.1) is 7.05 Å². The lowest BCUT2D eigenvalue weighted by atomic mass is 9.96. The van der Waals surface area contributed by atoms with Gasteiger partial charge in [-0.25, -0.2) is 4.79 Å². The highest BCUT2D eigenvalue weighted by Gasteiger charge is 2.19. The fourth-order valence-electron chi connectivity index (χ4n) is 3.09. The van der Waals surface area contributed by atoms with E-state index in [1.165, 1.54) is 6.42 Å². The van der Waals surface area contributed by atoms with Crippen LogP contribution in [-0.4, -0.2) is 44.0 Å². The first kappa shape index (κ1) is 19.9. The van der Waals surface area contributed by atoms with Crippen LogP contribution in [-0.2, 0) is 9.59 Å². The predicted molar refractivity (Wildman–Crippen MR) is 100.0 cm³/mol. The summed E-state index contributed by atoms with van der Waals surface area (Å²) in [7, 11) is 1.74. The molecule has 0 aromatic heterocycles. The van der Waals surface area contributed by atoms with Crippen molar-refractivity contribution in [1.29, 1.82) is 0 Å². The molecular weight excluding hydrogens is 332 g/mol. The Hall–Kier alpha value is -2.41. The summed E-state index contributed by atoms with van der Waals surface area (Å²) >= 11 is 0. The third-order valence-corrected chi connectivity index (χ3v) is 4.45. The van der Waals surface area contributed by atoms with Gasteiger partial charge in [0.15, 0.2) is 13.1 Å². The van der Waals surface area contributed by atoms with Crippen LogP contribution in [0.25, 0.3) is 0 Å². The van der Waals surface area contributed by atoms with Gasteiger partial charge in [-0.05, 0) is 31.9 Å². The van der Waals surface area contributed by atoms with Gasteiger partial charge in [0.1, 0.15) is 0 Å². The van der Waals surface area contributed by atoms with E-state index in [9.17, 15) is 14.4 Å². The number of amides is 4. The molecule has 0 heterocycles. The summed E-state index contributed by atoms with van der Waals surface area (Å²) in [5.74, 6) is -0.565. The normalized spacial score (nSPS) is 15.8. The van der Waals surface area contributed by atoms with Crippen molar-refractivity contribution in [2.75, 3.05) is 25.5 Å². The highest BCUT2D eigenvalue weighted by molar-refractivity contribution is 5.95. The molecule has 0 radical (unpaired) electrons. The molecule has 1 saturated carbocycles. The molecule has 7 heteroatoms. The number of aryl methyl sites for hydroxylation is 1. The SMILES string of the molecule is Cc1ccc(NC(=O)C[NH+](C)CC(=O)NC(=O)NC2CCCCC2)cc1. The molecule has 26 heavy (non-hydrogen) atoms. The Morgan fingerprint density at radius 1 is 1.00 bits per heavy atom. The lowest BCUT2D eigenvalue weighted by Crippen LogP contribution is -3.11. The predicted octanol–water partition coefficient (Wildman–Crippen LogP) is 0.607. The number of quaternary nitrogens is 1. The Balaban J connectivity index is 1.67. The van der Waals surface area contributed by atoms with Crippen molar-refractivity contribution in [3.8, 4) is 0 Å². The molecule has 1 atom stereocenters. The third-order valence-electron chi connectivity index (χ3n) is 4.45. The van der Waals surface area contributed by atoms with E-state index in [1.807, 2.05) is 31.2 Å². The number of hydrogen-bond acceptors (Lipinski definition) is 3. The fraction of sp³-hybridized carbons (Fsp3) is 0.526. The summed E-state index contributed by atoms with van der Waals surface area (Å²) in [6.45, 7) is 2.18. The van der Waals surface area contributed by atoms with Gasteiger partial charge in [-0.3, -0.25) is 14.9 Å². The van der Waals surface area contributed by atoms with E-state index in [2.05, 4.69) is 16.0 Å². The molecule has 4 amide bonds. The van der Waals surface area contributed by atoms with E-state index in [0.29, 0.717) is 4.90 Å². The molecule has 4 N–H and O–H groups in total. The molecule has 1 aliphatic carbocycles. The van der Waals surface area contributed by atoms with Crippen LogP contribution in [0.3, 0.4) is 0 Å². The van der Waals surface area contributed by atoms with Crippen LogP contribution in [0.1, 0.15) is 37.7 Å². The Bertz CT molecular complexity index is 624. The summed E-state index contributed by atoms with van der Waals surface area (Å²) in [6.07, 6.45) is 5.36. The average molecular weight is 361 g/mol. The quantitative estimate of drug-likeness (QED) is 0.598. The first-order valence-electron chi connectivity index (χ1n) is 9.20. The Morgan fingerprint density at radius 3 is 2.27 bits per heavy atom. The van der Waals surface area contributed by atoms with Crippen LogP contribution < -0.4 is 20.9 Å². The number of urea groups is 1. The highest BCUT2D eigenvalue weighted by atomic mass is 16.2. The number of hydrogen-bond donors (Lipinski definition) is 4. The van der Waals surface area contributed by atoms with Crippen molar-refractivity contribution in [3.63, 3.8) is 0 Å². The second-order valence-corrected chi connectivity index (χ2v) is 7.08. The van der Waals surface area contributed by atoms with Gasteiger partial charge in [-0.15, -0.1) is 0 Å². The van der Waals surface area contributed by atoms with E-state index in [-0.39, 0.29) is 30.9 Å².